The summed E-state index contributed by atoms with van der Waals surface area (Å²) in [5, 5.41) is 3.45. The largest absolute Gasteiger partial charge is 0.310 e. The fraction of sp³-hybridized carbons (Fsp3) is 1.00. The summed E-state index contributed by atoms with van der Waals surface area (Å²) >= 11 is 0. The molecule has 0 spiro atoms. The number of rotatable bonds is 1. The van der Waals surface area contributed by atoms with Crippen LogP contribution < -0.4 is 5.32 Å². The zero-order valence-electron chi connectivity index (χ0n) is 7.86. The van der Waals surface area contributed by atoms with E-state index in [9.17, 15) is 8.42 Å². The van der Waals surface area contributed by atoms with E-state index in [0.29, 0.717) is 25.2 Å². The number of fused-ring (bicyclic) bond motifs is 2. The highest BCUT2D eigenvalue weighted by Gasteiger charge is 2.32. The van der Waals surface area contributed by atoms with Gasteiger partial charge in [-0.25, -0.2) is 12.7 Å². The first-order valence-corrected chi connectivity index (χ1v) is 6.62. The van der Waals surface area contributed by atoms with Crippen LogP contribution in [0.2, 0.25) is 0 Å². The van der Waals surface area contributed by atoms with Gasteiger partial charge in [0.1, 0.15) is 0 Å². The van der Waals surface area contributed by atoms with Crippen LogP contribution in [0.4, 0.5) is 0 Å². The summed E-state index contributed by atoms with van der Waals surface area (Å²) in [6, 6.07) is 0.943. The Morgan fingerprint density at radius 2 is 1.92 bits per heavy atom. The Labute approximate surface area is 79.4 Å². The lowest BCUT2D eigenvalue weighted by Gasteiger charge is -2.21. The number of hydrogen-bond acceptors (Lipinski definition) is 3. The SMILES string of the molecule is CS(=O)(=O)N1CC[C@H]2CC[C@@H](C1)N2. The van der Waals surface area contributed by atoms with Gasteiger partial charge >= 0.3 is 0 Å². The Balaban J connectivity index is 2.09. The fourth-order valence-electron chi connectivity index (χ4n) is 2.21. The van der Waals surface area contributed by atoms with Crippen LogP contribution in [0.5, 0.6) is 0 Å². The summed E-state index contributed by atoms with van der Waals surface area (Å²) in [6.45, 7) is 1.35. The minimum Gasteiger partial charge on any atom is -0.310 e. The lowest BCUT2D eigenvalue weighted by atomic mass is 10.1. The summed E-state index contributed by atoms with van der Waals surface area (Å²) in [7, 11) is -2.98. The Hall–Kier alpha value is -0.130. The van der Waals surface area contributed by atoms with Crippen molar-refractivity contribution in [1.82, 2.24) is 9.62 Å². The predicted molar refractivity (Wildman–Crippen MR) is 51.0 cm³/mol. The highest BCUT2D eigenvalue weighted by Crippen LogP contribution is 2.21. The zero-order valence-corrected chi connectivity index (χ0v) is 8.68. The molecule has 2 saturated heterocycles. The van der Waals surface area contributed by atoms with Crippen LogP contribution in [0.25, 0.3) is 0 Å². The average molecular weight is 204 g/mol. The van der Waals surface area contributed by atoms with Crippen molar-refractivity contribution >= 4 is 10.0 Å². The molecule has 0 aliphatic carbocycles. The second-order valence-electron chi connectivity index (χ2n) is 4.05. The first-order chi connectivity index (χ1) is 6.05. The molecule has 1 N–H and O–H groups in total. The Kier molecular flexibility index (Phi) is 2.33. The highest BCUT2D eigenvalue weighted by molar-refractivity contribution is 7.88. The van der Waals surface area contributed by atoms with E-state index in [1.54, 1.807) is 4.31 Å². The topological polar surface area (TPSA) is 49.4 Å². The maximum absolute atomic E-state index is 11.3. The van der Waals surface area contributed by atoms with E-state index < -0.39 is 10.0 Å². The molecule has 0 unspecified atom stereocenters. The van der Waals surface area contributed by atoms with Crippen molar-refractivity contribution < 1.29 is 8.42 Å². The van der Waals surface area contributed by atoms with Crippen LogP contribution in [0, 0.1) is 0 Å². The molecule has 2 bridgehead atoms. The van der Waals surface area contributed by atoms with Gasteiger partial charge in [0.05, 0.1) is 6.26 Å². The summed E-state index contributed by atoms with van der Waals surface area (Å²) in [5.41, 5.74) is 0. The molecule has 2 fully saturated rings. The molecule has 0 saturated carbocycles. The average Bonchev–Trinajstić information content (AvgIpc) is 2.27. The molecule has 0 aromatic rings. The minimum absolute atomic E-state index is 0.391. The third kappa shape index (κ3) is 2.03. The molecule has 2 atom stereocenters. The summed E-state index contributed by atoms with van der Waals surface area (Å²) in [5.74, 6) is 0. The normalized spacial score (nSPS) is 36.1. The van der Waals surface area contributed by atoms with Gasteiger partial charge in [0, 0.05) is 25.2 Å². The van der Waals surface area contributed by atoms with Crippen LogP contribution in [0.15, 0.2) is 0 Å². The van der Waals surface area contributed by atoms with Crippen LogP contribution >= 0.6 is 0 Å². The van der Waals surface area contributed by atoms with Crippen molar-refractivity contribution in [3.63, 3.8) is 0 Å². The third-order valence-electron chi connectivity index (χ3n) is 2.95. The van der Waals surface area contributed by atoms with E-state index in [4.69, 9.17) is 0 Å². The number of nitrogens with one attached hydrogen (secondary N) is 1. The molecule has 2 rings (SSSR count). The van der Waals surface area contributed by atoms with Gasteiger partial charge in [0.2, 0.25) is 10.0 Å². The molecule has 76 valence electrons. The predicted octanol–water partition coefficient (Wildman–Crippen LogP) is -0.228. The van der Waals surface area contributed by atoms with Crippen molar-refractivity contribution in [1.29, 1.82) is 0 Å². The van der Waals surface area contributed by atoms with Crippen LogP contribution in [-0.4, -0.2) is 44.2 Å². The molecule has 2 aliphatic rings. The van der Waals surface area contributed by atoms with Gasteiger partial charge in [0.15, 0.2) is 0 Å². The van der Waals surface area contributed by atoms with Gasteiger partial charge in [-0.1, -0.05) is 0 Å². The van der Waals surface area contributed by atoms with Crippen molar-refractivity contribution in [2.45, 2.75) is 31.3 Å². The summed E-state index contributed by atoms with van der Waals surface area (Å²) in [4.78, 5) is 0. The first-order valence-electron chi connectivity index (χ1n) is 4.77. The van der Waals surface area contributed by atoms with Gasteiger partial charge in [-0.05, 0) is 19.3 Å². The second-order valence-corrected chi connectivity index (χ2v) is 6.03. The molecule has 0 radical (unpaired) electrons. The highest BCUT2D eigenvalue weighted by atomic mass is 32.2. The molecule has 4 nitrogen and oxygen atoms in total. The quantitative estimate of drug-likeness (QED) is 0.642. The lowest BCUT2D eigenvalue weighted by Crippen LogP contribution is -2.38. The molecule has 2 aliphatic heterocycles. The van der Waals surface area contributed by atoms with E-state index >= 15 is 0 Å². The van der Waals surface area contributed by atoms with Crippen LogP contribution in [0.3, 0.4) is 0 Å². The third-order valence-corrected chi connectivity index (χ3v) is 4.22. The van der Waals surface area contributed by atoms with Gasteiger partial charge in [-0.15, -0.1) is 0 Å². The van der Waals surface area contributed by atoms with Gasteiger partial charge in [-0.3, -0.25) is 0 Å². The molecule has 5 heteroatoms. The van der Waals surface area contributed by atoms with Crippen LogP contribution in [0.1, 0.15) is 19.3 Å². The van der Waals surface area contributed by atoms with E-state index in [-0.39, 0.29) is 0 Å². The lowest BCUT2D eigenvalue weighted by molar-refractivity contribution is 0.386. The summed E-state index contributed by atoms with van der Waals surface area (Å²) in [6.07, 6.45) is 4.59. The monoisotopic (exact) mass is 204 g/mol. The Bertz CT molecular complexity index is 289. The second kappa shape index (κ2) is 3.22. The molecule has 0 aromatic carbocycles. The van der Waals surface area contributed by atoms with Gasteiger partial charge < -0.3 is 5.32 Å². The zero-order chi connectivity index (χ0) is 9.47. The number of nitrogens with zero attached hydrogens (tertiary/aromatic N) is 1. The molecule has 2 heterocycles. The van der Waals surface area contributed by atoms with E-state index in [1.807, 2.05) is 0 Å². The maximum atomic E-state index is 11.3. The first kappa shape index (κ1) is 9.43. The smallest absolute Gasteiger partial charge is 0.211 e. The number of hydrogen-bond donors (Lipinski definition) is 1. The molecular formula is C8H16N2O2S. The fourth-order valence-corrected chi connectivity index (χ4v) is 3.10. The van der Waals surface area contributed by atoms with Gasteiger partial charge in [-0.2, -0.15) is 0 Å². The minimum atomic E-state index is -2.98. The Morgan fingerprint density at radius 1 is 1.23 bits per heavy atom. The summed E-state index contributed by atoms with van der Waals surface area (Å²) < 4.78 is 24.2. The maximum Gasteiger partial charge on any atom is 0.211 e. The van der Waals surface area contributed by atoms with Gasteiger partial charge in [0.25, 0.3) is 0 Å². The molecule has 0 aromatic heterocycles. The van der Waals surface area contributed by atoms with Crippen molar-refractivity contribution in [2.24, 2.45) is 0 Å². The van der Waals surface area contributed by atoms with E-state index in [1.165, 1.54) is 12.7 Å². The number of sulfonamides is 1. The van der Waals surface area contributed by atoms with Crippen LogP contribution in [-0.2, 0) is 10.0 Å². The van der Waals surface area contributed by atoms with E-state index in [0.717, 1.165) is 12.8 Å². The van der Waals surface area contributed by atoms with Crippen molar-refractivity contribution in [2.75, 3.05) is 19.3 Å². The van der Waals surface area contributed by atoms with E-state index in [2.05, 4.69) is 5.32 Å². The molecule has 0 amide bonds. The molecule has 13 heavy (non-hydrogen) atoms. The molecular weight excluding hydrogens is 188 g/mol. The van der Waals surface area contributed by atoms with Crippen molar-refractivity contribution in [3.05, 3.63) is 0 Å². The standard InChI is InChI=1S/C8H16N2O2S/c1-13(11,12)10-5-4-7-2-3-8(6-10)9-7/h7-9H,2-6H2,1H3/t7-,8+/m1/s1. The Morgan fingerprint density at radius 3 is 2.62 bits per heavy atom. The van der Waals surface area contributed by atoms with Crippen molar-refractivity contribution in [3.8, 4) is 0 Å².